The van der Waals surface area contributed by atoms with Crippen LogP contribution in [-0.4, -0.2) is 21.8 Å². The Bertz CT molecular complexity index is 850. The number of carbonyl (C=O) groups excluding carboxylic acids is 3. The first kappa shape index (κ1) is 20.5. The zero-order chi connectivity index (χ0) is 20.5. The van der Waals surface area contributed by atoms with E-state index in [1.807, 2.05) is 13.8 Å². The second kappa shape index (κ2) is 7.62. The number of ether oxygens (including phenoxy) is 1. The van der Waals surface area contributed by atoms with Gasteiger partial charge in [0.25, 0.3) is 5.12 Å². The summed E-state index contributed by atoms with van der Waals surface area (Å²) in [4.78, 5) is 38.5. The summed E-state index contributed by atoms with van der Waals surface area (Å²) < 4.78 is 16.1. The van der Waals surface area contributed by atoms with Crippen molar-refractivity contribution in [3.63, 3.8) is 0 Å². The summed E-state index contributed by atoms with van der Waals surface area (Å²) in [7, 11) is 0. The summed E-state index contributed by atoms with van der Waals surface area (Å²) in [6, 6.07) is 6.15. The molecular formula is C21H24O6S. The average molecular weight is 404 g/mol. The van der Waals surface area contributed by atoms with Crippen LogP contribution in [0.3, 0.4) is 0 Å². The van der Waals surface area contributed by atoms with Gasteiger partial charge in [-0.3, -0.25) is 9.59 Å². The number of rotatable bonds is 5. The highest BCUT2D eigenvalue weighted by Gasteiger charge is 2.63. The maximum absolute atomic E-state index is 13.4. The lowest BCUT2D eigenvalue weighted by molar-refractivity contribution is -0.142. The molecule has 1 aliphatic carbocycles. The van der Waals surface area contributed by atoms with Gasteiger partial charge in [-0.05, 0) is 60.7 Å². The van der Waals surface area contributed by atoms with Crippen LogP contribution >= 0.6 is 11.8 Å². The van der Waals surface area contributed by atoms with Crippen molar-refractivity contribution >= 4 is 28.0 Å². The molecule has 0 bridgehead atoms. The molecule has 0 aromatic carbocycles. The van der Waals surface area contributed by atoms with Crippen molar-refractivity contribution < 1.29 is 28.0 Å². The first-order valence-corrected chi connectivity index (χ1v) is 10.1. The molecule has 0 saturated heterocycles. The molecule has 0 radical (unpaired) electrons. The van der Waals surface area contributed by atoms with Crippen LogP contribution in [0.25, 0.3) is 0 Å². The lowest BCUT2D eigenvalue weighted by Crippen LogP contribution is -2.52. The molecule has 6 nitrogen and oxygen atoms in total. The highest BCUT2D eigenvalue weighted by atomic mass is 32.2. The fourth-order valence-electron chi connectivity index (χ4n) is 4.31. The first-order valence-electron chi connectivity index (χ1n) is 9.26. The van der Waals surface area contributed by atoms with Crippen LogP contribution in [0.1, 0.15) is 61.6 Å². The van der Waals surface area contributed by atoms with E-state index in [0.717, 1.165) is 6.42 Å². The Balaban J connectivity index is 1.94. The lowest BCUT2D eigenvalue weighted by atomic mass is 9.69. The normalized spacial score (nSPS) is 23.7. The van der Waals surface area contributed by atoms with Gasteiger partial charge in [-0.15, -0.1) is 0 Å². The van der Waals surface area contributed by atoms with Gasteiger partial charge in [0.1, 0.15) is 0 Å². The highest BCUT2D eigenvalue weighted by Crippen LogP contribution is 2.56. The molecule has 0 spiro atoms. The second-order valence-electron chi connectivity index (χ2n) is 7.96. The third-order valence-electron chi connectivity index (χ3n) is 5.81. The second-order valence-corrected chi connectivity index (χ2v) is 8.90. The molecule has 2 aromatic rings. The molecule has 1 fully saturated rings. The van der Waals surface area contributed by atoms with Crippen molar-refractivity contribution in [1.82, 2.24) is 0 Å². The monoisotopic (exact) mass is 404 g/mol. The Morgan fingerprint density at radius 1 is 1.11 bits per heavy atom. The van der Waals surface area contributed by atoms with Crippen LogP contribution in [-0.2, 0) is 9.53 Å². The first-order chi connectivity index (χ1) is 13.2. The fourth-order valence-corrected chi connectivity index (χ4v) is 5.27. The number of hydrogen-bond acceptors (Lipinski definition) is 7. The molecule has 2 aromatic heterocycles. The summed E-state index contributed by atoms with van der Waals surface area (Å²) in [5.74, 6) is -0.153. The van der Waals surface area contributed by atoms with Crippen molar-refractivity contribution in [3.8, 4) is 0 Å². The Morgan fingerprint density at radius 3 is 2.21 bits per heavy atom. The number of esters is 1. The number of carbonyl (C=O) groups is 3. The van der Waals surface area contributed by atoms with Gasteiger partial charge in [0.2, 0.25) is 10.9 Å². The zero-order valence-electron chi connectivity index (χ0n) is 16.4. The van der Waals surface area contributed by atoms with Gasteiger partial charge in [0.05, 0.1) is 12.5 Å². The third-order valence-corrected chi connectivity index (χ3v) is 6.71. The van der Waals surface area contributed by atoms with E-state index >= 15 is 0 Å². The quantitative estimate of drug-likeness (QED) is 0.651. The van der Waals surface area contributed by atoms with Crippen LogP contribution in [0.5, 0.6) is 0 Å². The molecule has 0 amide bonds. The molecule has 2 unspecified atom stereocenters. The van der Waals surface area contributed by atoms with Gasteiger partial charge in [-0.25, -0.2) is 4.79 Å². The fraction of sp³-hybridized carbons (Fsp3) is 0.476. The minimum absolute atomic E-state index is 0.0262. The van der Waals surface area contributed by atoms with Gasteiger partial charge in [0.15, 0.2) is 11.4 Å². The molecule has 3 rings (SSSR count). The molecule has 150 valence electrons. The van der Waals surface area contributed by atoms with Gasteiger partial charge >= 0.3 is 5.97 Å². The van der Waals surface area contributed by atoms with E-state index in [2.05, 4.69) is 13.8 Å². The van der Waals surface area contributed by atoms with Crippen LogP contribution in [0.2, 0.25) is 0 Å². The molecule has 28 heavy (non-hydrogen) atoms. The van der Waals surface area contributed by atoms with Crippen LogP contribution < -0.4 is 0 Å². The van der Waals surface area contributed by atoms with E-state index in [1.165, 1.54) is 24.7 Å². The van der Waals surface area contributed by atoms with Gasteiger partial charge in [-0.2, -0.15) is 0 Å². The van der Waals surface area contributed by atoms with Crippen molar-refractivity contribution in [2.75, 3.05) is 0 Å². The third kappa shape index (κ3) is 3.43. The van der Waals surface area contributed by atoms with E-state index in [-0.39, 0.29) is 23.4 Å². The van der Waals surface area contributed by atoms with Crippen molar-refractivity contribution in [2.45, 2.75) is 46.1 Å². The summed E-state index contributed by atoms with van der Waals surface area (Å²) in [5.41, 5.74) is -2.09. The van der Waals surface area contributed by atoms with Crippen LogP contribution in [0, 0.1) is 17.3 Å². The van der Waals surface area contributed by atoms with Crippen molar-refractivity contribution in [2.24, 2.45) is 17.3 Å². The van der Waals surface area contributed by atoms with E-state index in [1.54, 1.807) is 12.1 Å². The smallest absolute Gasteiger partial charge is 0.375 e. The number of furan rings is 2. The Kier molecular flexibility index (Phi) is 5.57. The molecule has 2 atom stereocenters. The van der Waals surface area contributed by atoms with Gasteiger partial charge < -0.3 is 13.6 Å². The summed E-state index contributed by atoms with van der Waals surface area (Å²) in [6.45, 7) is 8.02. The molecule has 0 N–H and O–H groups in total. The molecular weight excluding hydrogens is 380 g/mol. The van der Waals surface area contributed by atoms with E-state index in [4.69, 9.17) is 13.6 Å². The topological polar surface area (TPSA) is 86.7 Å². The highest BCUT2D eigenvalue weighted by molar-refractivity contribution is 8.26. The molecule has 1 aliphatic rings. The zero-order valence-corrected chi connectivity index (χ0v) is 17.2. The summed E-state index contributed by atoms with van der Waals surface area (Å²) in [5, 5.41) is -0.992. The molecule has 2 heterocycles. The van der Waals surface area contributed by atoms with Crippen molar-refractivity contribution in [3.05, 3.63) is 48.3 Å². The van der Waals surface area contributed by atoms with Crippen molar-refractivity contribution in [1.29, 1.82) is 0 Å². The largest absolute Gasteiger partial charge is 0.460 e. The Hall–Kier alpha value is -2.28. The maximum atomic E-state index is 13.4. The predicted molar refractivity (Wildman–Crippen MR) is 104 cm³/mol. The minimum atomic E-state index is -1.43. The maximum Gasteiger partial charge on any atom is 0.375 e. The Labute approximate surface area is 168 Å². The van der Waals surface area contributed by atoms with E-state index in [0.29, 0.717) is 18.2 Å². The SMILES string of the molecule is CC(C)C1CCC(OC(=O)c2ccco2)(C(=O)SC(=O)c2ccco2)C1(C)C. The van der Waals surface area contributed by atoms with Crippen LogP contribution in [0.4, 0.5) is 0 Å². The van der Waals surface area contributed by atoms with E-state index in [9.17, 15) is 14.4 Å². The van der Waals surface area contributed by atoms with E-state index < -0.39 is 27.2 Å². The molecule has 1 saturated carbocycles. The number of thioether (sulfide) groups is 1. The number of hydrogen-bond donors (Lipinski definition) is 0. The van der Waals surface area contributed by atoms with Gasteiger partial charge in [-0.1, -0.05) is 27.7 Å². The minimum Gasteiger partial charge on any atom is -0.460 e. The lowest BCUT2D eigenvalue weighted by Gasteiger charge is -2.42. The average Bonchev–Trinajstić information content (AvgIpc) is 3.35. The summed E-state index contributed by atoms with van der Waals surface area (Å²) in [6.07, 6.45) is 3.82. The Morgan fingerprint density at radius 2 is 1.71 bits per heavy atom. The van der Waals surface area contributed by atoms with Crippen LogP contribution in [0.15, 0.2) is 45.6 Å². The standard InChI is InChI=1S/C21H24O6S/c1-13(2)14-9-10-21(20(14,3)4,27-17(22)15-7-5-11-25-15)19(24)28-18(23)16-8-6-12-26-16/h5-8,11-14H,9-10H2,1-4H3. The summed E-state index contributed by atoms with van der Waals surface area (Å²) >= 11 is 0.529. The predicted octanol–water partition coefficient (Wildman–Crippen LogP) is 4.96. The molecule has 7 heteroatoms. The van der Waals surface area contributed by atoms with Gasteiger partial charge in [0, 0.05) is 5.41 Å². The molecule has 0 aliphatic heterocycles.